The topological polar surface area (TPSA) is 65.2 Å². The fourth-order valence-electron chi connectivity index (χ4n) is 2.67. The molecule has 0 saturated carbocycles. The van der Waals surface area contributed by atoms with Crippen molar-refractivity contribution < 1.29 is 0 Å². The van der Waals surface area contributed by atoms with Gasteiger partial charge in [0.1, 0.15) is 5.84 Å². The summed E-state index contributed by atoms with van der Waals surface area (Å²) < 4.78 is 0. The van der Waals surface area contributed by atoms with Gasteiger partial charge in [-0.05, 0) is 12.5 Å². The lowest BCUT2D eigenvalue weighted by Crippen LogP contribution is -2.50. The Balaban J connectivity index is 2.40. The molecule has 0 amide bonds. The van der Waals surface area contributed by atoms with Crippen LogP contribution in [0.15, 0.2) is 11.1 Å². The van der Waals surface area contributed by atoms with E-state index in [1.165, 1.54) is 0 Å². The molecule has 6 heteroatoms. The number of amidine groups is 1. The molecule has 1 aromatic heterocycles. The lowest BCUT2D eigenvalue weighted by molar-refractivity contribution is 0.170. The first-order chi connectivity index (χ1) is 10.6. The highest BCUT2D eigenvalue weighted by Gasteiger charge is 2.38. The molecule has 1 aliphatic heterocycles. The number of hydrogen-bond donors (Lipinski definition) is 0. The third-order valence-corrected chi connectivity index (χ3v) is 4.32. The number of halogens is 1. The minimum Gasteiger partial charge on any atom is -0.352 e. The summed E-state index contributed by atoms with van der Waals surface area (Å²) in [6.45, 7) is 13.4. The largest absolute Gasteiger partial charge is 0.352 e. The minimum absolute atomic E-state index is 0.0888. The maximum absolute atomic E-state index is 9.02. The summed E-state index contributed by atoms with van der Waals surface area (Å²) in [5, 5.41) is 17.8. The predicted octanol–water partition coefficient (Wildman–Crippen LogP) is 4.10. The molecule has 2 heterocycles. The van der Waals surface area contributed by atoms with Crippen LogP contribution in [0.2, 0.25) is 5.15 Å². The van der Waals surface area contributed by atoms with Crippen LogP contribution in [-0.2, 0) is 5.41 Å². The SMILES string of the molecule is CC(C)(C)C(=NC#N)N1CCC1c1cc(C(C)(C)C)nnc1Cl. The van der Waals surface area contributed by atoms with Gasteiger partial charge in [0.15, 0.2) is 5.15 Å². The van der Waals surface area contributed by atoms with Crippen LogP contribution in [0.25, 0.3) is 0 Å². The Morgan fingerprint density at radius 3 is 2.39 bits per heavy atom. The van der Waals surface area contributed by atoms with E-state index in [9.17, 15) is 0 Å². The fraction of sp³-hybridized carbons (Fsp3) is 0.647. The highest BCUT2D eigenvalue weighted by molar-refractivity contribution is 6.30. The lowest BCUT2D eigenvalue weighted by Gasteiger charge is -2.46. The van der Waals surface area contributed by atoms with Crippen molar-refractivity contribution in [3.05, 3.63) is 22.5 Å². The van der Waals surface area contributed by atoms with Gasteiger partial charge in [-0.15, -0.1) is 5.10 Å². The van der Waals surface area contributed by atoms with Crippen molar-refractivity contribution in [2.45, 2.75) is 59.4 Å². The van der Waals surface area contributed by atoms with E-state index in [-0.39, 0.29) is 16.9 Å². The molecule has 0 radical (unpaired) electrons. The number of likely N-dealkylation sites (tertiary alicyclic amines) is 1. The van der Waals surface area contributed by atoms with Gasteiger partial charge >= 0.3 is 0 Å². The van der Waals surface area contributed by atoms with E-state index >= 15 is 0 Å². The molecule has 2 rings (SSSR count). The molecule has 1 aromatic rings. The van der Waals surface area contributed by atoms with Gasteiger partial charge in [0.25, 0.3) is 0 Å². The van der Waals surface area contributed by atoms with E-state index in [4.69, 9.17) is 16.9 Å². The number of aliphatic imine (C=N–C) groups is 1. The van der Waals surface area contributed by atoms with E-state index in [0.29, 0.717) is 5.15 Å². The van der Waals surface area contributed by atoms with Gasteiger partial charge in [0.2, 0.25) is 6.19 Å². The van der Waals surface area contributed by atoms with E-state index in [2.05, 4.69) is 61.6 Å². The molecule has 23 heavy (non-hydrogen) atoms. The Morgan fingerprint density at radius 2 is 1.96 bits per heavy atom. The van der Waals surface area contributed by atoms with E-state index in [1.54, 1.807) is 0 Å². The molecule has 5 nitrogen and oxygen atoms in total. The molecule has 1 unspecified atom stereocenters. The standard InChI is InChI=1S/C17H24ClN5/c1-16(2,3)13-9-11(14(18)22-21-13)12-7-8-23(12)15(20-10-19)17(4,5)6/h9,12H,7-8H2,1-6H3. The van der Waals surface area contributed by atoms with Crippen LogP contribution < -0.4 is 0 Å². The summed E-state index contributed by atoms with van der Waals surface area (Å²) in [7, 11) is 0. The monoisotopic (exact) mass is 333 g/mol. The molecule has 1 atom stereocenters. The second-order valence-electron chi connectivity index (χ2n) is 8.01. The summed E-state index contributed by atoms with van der Waals surface area (Å²) in [5.41, 5.74) is 1.59. The molecule has 124 valence electrons. The van der Waals surface area contributed by atoms with Crippen molar-refractivity contribution in [3.63, 3.8) is 0 Å². The predicted molar refractivity (Wildman–Crippen MR) is 92.3 cm³/mol. The van der Waals surface area contributed by atoms with Crippen molar-refractivity contribution >= 4 is 17.4 Å². The summed E-state index contributed by atoms with van der Waals surface area (Å²) >= 11 is 6.31. The van der Waals surface area contributed by atoms with Crippen LogP contribution in [0.5, 0.6) is 0 Å². The summed E-state index contributed by atoms with van der Waals surface area (Å²) in [6, 6.07) is 2.14. The zero-order chi connectivity index (χ0) is 17.4. The number of nitrogens with zero attached hydrogens (tertiary/aromatic N) is 5. The van der Waals surface area contributed by atoms with Gasteiger partial charge in [0, 0.05) is 22.9 Å². The molecule has 1 aliphatic rings. The van der Waals surface area contributed by atoms with Crippen LogP contribution in [0.1, 0.15) is 65.3 Å². The third kappa shape index (κ3) is 3.64. The molecule has 0 N–H and O–H groups in total. The van der Waals surface area contributed by atoms with Crippen LogP contribution in [-0.4, -0.2) is 27.5 Å². The highest BCUT2D eigenvalue weighted by atomic mass is 35.5. The van der Waals surface area contributed by atoms with Gasteiger partial charge in [-0.2, -0.15) is 15.4 Å². The van der Waals surface area contributed by atoms with Crippen LogP contribution in [0.4, 0.5) is 0 Å². The second-order valence-corrected chi connectivity index (χ2v) is 8.37. The molecule has 0 spiro atoms. The zero-order valence-electron chi connectivity index (χ0n) is 14.7. The van der Waals surface area contributed by atoms with Crippen molar-refractivity contribution in [3.8, 4) is 6.19 Å². The van der Waals surface area contributed by atoms with E-state index in [0.717, 1.165) is 30.1 Å². The Bertz CT molecular complexity index is 661. The van der Waals surface area contributed by atoms with E-state index < -0.39 is 0 Å². The molecular weight excluding hydrogens is 310 g/mol. The molecule has 0 aliphatic carbocycles. The van der Waals surface area contributed by atoms with Gasteiger partial charge in [-0.3, -0.25) is 0 Å². The number of nitriles is 1. The van der Waals surface area contributed by atoms with Crippen molar-refractivity contribution in [2.75, 3.05) is 6.54 Å². The van der Waals surface area contributed by atoms with Crippen LogP contribution in [0.3, 0.4) is 0 Å². The van der Waals surface area contributed by atoms with Crippen molar-refractivity contribution in [1.82, 2.24) is 15.1 Å². The van der Waals surface area contributed by atoms with Gasteiger partial charge in [-0.25, -0.2) is 0 Å². The first-order valence-corrected chi connectivity index (χ1v) is 8.21. The lowest BCUT2D eigenvalue weighted by atomic mass is 9.86. The number of hydrogen-bond acceptors (Lipinski definition) is 4. The summed E-state index contributed by atoms with van der Waals surface area (Å²) in [4.78, 5) is 6.21. The van der Waals surface area contributed by atoms with Crippen molar-refractivity contribution in [1.29, 1.82) is 5.26 Å². The molecule has 1 fully saturated rings. The quantitative estimate of drug-likeness (QED) is 0.441. The summed E-state index contributed by atoms with van der Waals surface area (Å²) in [5.74, 6) is 0.793. The number of rotatable bonds is 1. The van der Waals surface area contributed by atoms with Gasteiger partial charge in [-0.1, -0.05) is 53.1 Å². The molecule has 0 aromatic carbocycles. The van der Waals surface area contributed by atoms with Crippen LogP contribution >= 0.6 is 11.6 Å². The maximum atomic E-state index is 9.02. The highest BCUT2D eigenvalue weighted by Crippen LogP contribution is 2.40. The average molecular weight is 334 g/mol. The Kier molecular flexibility index (Phi) is 4.68. The normalized spacial score (nSPS) is 19.3. The first-order valence-electron chi connectivity index (χ1n) is 7.83. The Hall–Kier alpha value is -1.67. The summed E-state index contributed by atoms with van der Waals surface area (Å²) in [6.07, 6.45) is 2.90. The van der Waals surface area contributed by atoms with Crippen LogP contribution in [0, 0.1) is 16.9 Å². The van der Waals surface area contributed by atoms with E-state index in [1.807, 2.05) is 12.3 Å². The molecular formula is C17H24ClN5. The van der Waals surface area contributed by atoms with Crippen molar-refractivity contribution in [2.24, 2.45) is 10.4 Å². The smallest absolute Gasteiger partial charge is 0.207 e. The maximum Gasteiger partial charge on any atom is 0.207 e. The van der Waals surface area contributed by atoms with Gasteiger partial charge < -0.3 is 4.90 Å². The molecule has 1 saturated heterocycles. The fourth-order valence-corrected chi connectivity index (χ4v) is 2.88. The Labute approximate surface area is 143 Å². The zero-order valence-corrected chi connectivity index (χ0v) is 15.4. The minimum atomic E-state index is -0.200. The van der Waals surface area contributed by atoms with Gasteiger partial charge in [0.05, 0.1) is 11.7 Å². The molecule has 0 bridgehead atoms. The number of aromatic nitrogens is 2. The average Bonchev–Trinajstić information content (AvgIpc) is 2.37. The first kappa shape index (κ1) is 17.7. The third-order valence-electron chi connectivity index (χ3n) is 4.02. The Morgan fingerprint density at radius 1 is 1.30 bits per heavy atom. The second kappa shape index (κ2) is 6.09.